The van der Waals surface area contributed by atoms with Gasteiger partial charge in [0.05, 0.1) is 12.7 Å². The molecule has 0 aliphatic rings. The van der Waals surface area contributed by atoms with Gasteiger partial charge in [-0.15, -0.1) is 0 Å². The van der Waals surface area contributed by atoms with Crippen LogP contribution in [0.2, 0.25) is 0 Å². The van der Waals surface area contributed by atoms with E-state index in [1.807, 2.05) is 38.1 Å². The van der Waals surface area contributed by atoms with E-state index in [0.29, 0.717) is 23.5 Å². The number of methoxy groups -OCH3 is 1. The van der Waals surface area contributed by atoms with Gasteiger partial charge in [-0.2, -0.15) is 0 Å². The highest BCUT2D eigenvalue weighted by atomic mass is 16.5. The lowest BCUT2D eigenvalue weighted by molar-refractivity contribution is 0.0985. The highest BCUT2D eigenvalue weighted by Crippen LogP contribution is 2.26. The molecule has 2 aromatic rings. The zero-order valence-corrected chi connectivity index (χ0v) is 12.6. The van der Waals surface area contributed by atoms with Gasteiger partial charge in [0.15, 0.2) is 0 Å². The molecule has 2 N–H and O–H groups in total. The van der Waals surface area contributed by atoms with Crippen LogP contribution in [-0.2, 0) is 0 Å². The van der Waals surface area contributed by atoms with Gasteiger partial charge in [-0.1, -0.05) is 18.2 Å². The fraction of sp³-hybridized carbons (Fsp3) is 0.235. The Labute approximate surface area is 125 Å². The van der Waals surface area contributed by atoms with E-state index in [2.05, 4.69) is 0 Å². The van der Waals surface area contributed by atoms with Gasteiger partial charge in [-0.05, 0) is 43.7 Å². The number of carbonyl (C=O) groups excluding carboxylic acids is 1. The van der Waals surface area contributed by atoms with Crippen LogP contribution in [0.3, 0.4) is 0 Å². The molecule has 2 aromatic carbocycles. The number of hydrogen-bond donors (Lipinski definition) is 1. The lowest BCUT2D eigenvalue weighted by atomic mass is 10.1. The molecule has 4 nitrogen and oxygen atoms in total. The standard InChI is InChI=1S/C17H20N2O2/c1-4-19(15-8-6-5-7-12(15)2)17(20)14-11-13(18)9-10-16(14)21-3/h5-11H,4,18H2,1-3H3. The summed E-state index contributed by atoms with van der Waals surface area (Å²) < 4.78 is 5.28. The average Bonchev–Trinajstić information content (AvgIpc) is 2.49. The lowest BCUT2D eigenvalue weighted by Crippen LogP contribution is -2.31. The van der Waals surface area contributed by atoms with E-state index in [1.54, 1.807) is 30.2 Å². The minimum Gasteiger partial charge on any atom is -0.496 e. The largest absolute Gasteiger partial charge is 0.496 e. The fourth-order valence-electron chi connectivity index (χ4n) is 2.33. The van der Waals surface area contributed by atoms with E-state index in [9.17, 15) is 4.79 Å². The number of nitrogen functional groups attached to an aromatic ring is 1. The molecule has 0 bridgehead atoms. The Morgan fingerprint density at radius 1 is 1.24 bits per heavy atom. The summed E-state index contributed by atoms with van der Waals surface area (Å²) in [5.41, 5.74) is 8.77. The second-order valence-corrected chi connectivity index (χ2v) is 4.80. The zero-order valence-electron chi connectivity index (χ0n) is 12.6. The number of ether oxygens (including phenoxy) is 1. The van der Waals surface area contributed by atoms with E-state index in [-0.39, 0.29) is 5.91 Å². The third-order valence-corrected chi connectivity index (χ3v) is 3.42. The van der Waals surface area contributed by atoms with E-state index in [1.165, 1.54) is 0 Å². The molecule has 0 saturated heterocycles. The Hall–Kier alpha value is -2.49. The molecule has 2 rings (SSSR count). The van der Waals surface area contributed by atoms with Crippen molar-refractivity contribution in [3.8, 4) is 5.75 Å². The zero-order chi connectivity index (χ0) is 15.4. The SMILES string of the molecule is CCN(C(=O)c1cc(N)ccc1OC)c1ccccc1C. The van der Waals surface area contributed by atoms with E-state index < -0.39 is 0 Å². The topological polar surface area (TPSA) is 55.6 Å². The number of benzene rings is 2. The minimum absolute atomic E-state index is 0.115. The van der Waals surface area contributed by atoms with Gasteiger partial charge < -0.3 is 15.4 Å². The van der Waals surface area contributed by atoms with Crippen molar-refractivity contribution >= 4 is 17.3 Å². The summed E-state index contributed by atoms with van der Waals surface area (Å²) in [4.78, 5) is 14.6. The van der Waals surface area contributed by atoms with Gasteiger partial charge in [0.2, 0.25) is 0 Å². The van der Waals surface area contributed by atoms with E-state index in [0.717, 1.165) is 11.3 Å². The first-order chi connectivity index (χ1) is 10.1. The summed E-state index contributed by atoms with van der Waals surface area (Å²) in [6.07, 6.45) is 0. The molecule has 0 atom stereocenters. The summed E-state index contributed by atoms with van der Waals surface area (Å²) in [5.74, 6) is 0.414. The number of carbonyl (C=O) groups is 1. The summed E-state index contributed by atoms with van der Waals surface area (Å²) in [5, 5.41) is 0. The van der Waals surface area contributed by atoms with Crippen molar-refractivity contribution in [1.82, 2.24) is 0 Å². The molecule has 0 fully saturated rings. The van der Waals surface area contributed by atoms with Crippen molar-refractivity contribution in [1.29, 1.82) is 0 Å². The normalized spacial score (nSPS) is 10.2. The number of anilines is 2. The molecule has 0 spiro atoms. The van der Waals surface area contributed by atoms with E-state index in [4.69, 9.17) is 10.5 Å². The van der Waals surface area contributed by atoms with Crippen molar-refractivity contribution in [3.63, 3.8) is 0 Å². The van der Waals surface area contributed by atoms with Crippen LogP contribution in [0.4, 0.5) is 11.4 Å². The number of nitrogens with zero attached hydrogens (tertiary/aromatic N) is 1. The Bertz CT molecular complexity index is 653. The van der Waals surface area contributed by atoms with Crippen LogP contribution in [0, 0.1) is 6.92 Å². The third-order valence-electron chi connectivity index (χ3n) is 3.42. The van der Waals surface area contributed by atoms with Gasteiger partial charge >= 0.3 is 0 Å². The highest BCUT2D eigenvalue weighted by molar-refractivity contribution is 6.08. The van der Waals surface area contributed by atoms with Crippen molar-refractivity contribution < 1.29 is 9.53 Å². The average molecular weight is 284 g/mol. The van der Waals surface area contributed by atoms with Crippen LogP contribution in [0.1, 0.15) is 22.8 Å². The number of para-hydroxylation sites is 1. The number of rotatable bonds is 4. The number of amides is 1. The molecule has 0 aliphatic heterocycles. The molecule has 1 amide bonds. The number of hydrogen-bond acceptors (Lipinski definition) is 3. The second kappa shape index (κ2) is 6.31. The summed E-state index contributed by atoms with van der Waals surface area (Å²) in [7, 11) is 1.55. The van der Waals surface area contributed by atoms with Gasteiger partial charge in [0.25, 0.3) is 5.91 Å². The molecule has 0 aromatic heterocycles. The molecular formula is C17H20N2O2. The predicted molar refractivity (Wildman–Crippen MR) is 85.9 cm³/mol. The van der Waals surface area contributed by atoms with Crippen molar-refractivity contribution in [3.05, 3.63) is 53.6 Å². The van der Waals surface area contributed by atoms with Crippen LogP contribution in [-0.4, -0.2) is 19.6 Å². The lowest BCUT2D eigenvalue weighted by Gasteiger charge is -2.24. The first kappa shape index (κ1) is 14.9. The van der Waals surface area contributed by atoms with Crippen LogP contribution in [0.5, 0.6) is 5.75 Å². The summed E-state index contributed by atoms with van der Waals surface area (Å²) in [6, 6.07) is 12.9. The van der Waals surface area contributed by atoms with Gasteiger partial charge in [0, 0.05) is 17.9 Å². The van der Waals surface area contributed by atoms with Crippen LogP contribution >= 0.6 is 0 Å². The molecule has 21 heavy (non-hydrogen) atoms. The van der Waals surface area contributed by atoms with Crippen LogP contribution in [0.15, 0.2) is 42.5 Å². The molecule has 0 unspecified atom stereocenters. The quantitative estimate of drug-likeness (QED) is 0.877. The Morgan fingerprint density at radius 3 is 2.57 bits per heavy atom. The first-order valence-electron chi connectivity index (χ1n) is 6.89. The number of aryl methyl sites for hydroxylation is 1. The molecule has 0 saturated carbocycles. The third kappa shape index (κ3) is 2.99. The smallest absolute Gasteiger partial charge is 0.262 e. The Kier molecular flexibility index (Phi) is 4.48. The first-order valence-corrected chi connectivity index (χ1v) is 6.89. The van der Waals surface area contributed by atoms with Gasteiger partial charge in [-0.25, -0.2) is 0 Å². The molecule has 110 valence electrons. The predicted octanol–water partition coefficient (Wildman–Crippen LogP) is 3.25. The summed E-state index contributed by atoms with van der Waals surface area (Å²) in [6.45, 7) is 4.51. The van der Waals surface area contributed by atoms with Gasteiger partial charge in [-0.3, -0.25) is 4.79 Å². The van der Waals surface area contributed by atoms with Crippen molar-refractivity contribution in [2.24, 2.45) is 0 Å². The number of nitrogens with two attached hydrogens (primary N) is 1. The van der Waals surface area contributed by atoms with Crippen molar-refractivity contribution in [2.45, 2.75) is 13.8 Å². The van der Waals surface area contributed by atoms with Crippen molar-refractivity contribution in [2.75, 3.05) is 24.3 Å². The molecular weight excluding hydrogens is 264 g/mol. The van der Waals surface area contributed by atoms with E-state index >= 15 is 0 Å². The Morgan fingerprint density at radius 2 is 1.95 bits per heavy atom. The maximum atomic E-state index is 12.9. The fourth-order valence-corrected chi connectivity index (χ4v) is 2.33. The molecule has 0 radical (unpaired) electrons. The highest BCUT2D eigenvalue weighted by Gasteiger charge is 2.21. The minimum atomic E-state index is -0.115. The van der Waals surface area contributed by atoms with Crippen LogP contribution in [0.25, 0.3) is 0 Å². The molecule has 0 heterocycles. The van der Waals surface area contributed by atoms with Crippen LogP contribution < -0.4 is 15.4 Å². The second-order valence-electron chi connectivity index (χ2n) is 4.80. The summed E-state index contributed by atoms with van der Waals surface area (Å²) >= 11 is 0. The Balaban J connectivity index is 2.46. The monoisotopic (exact) mass is 284 g/mol. The molecule has 0 aliphatic carbocycles. The maximum absolute atomic E-state index is 12.9. The maximum Gasteiger partial charge on any atom is 0.262 e. The molecule has 4 heteroatoms. The van der Waals surface area contributed by atoms with Gasteiger partial charge in [0.1, 0.15) is 5.75 Å².